The van der Waals surface area contributed by atoms with Crippen molar-refractivity contribution in [3.63, 3.8) is 0 Å². The Morgan fingerprint density at radius 2 is 0.933 bits per heavy atom. The minimum Gasteiger partial charge on any atom is -0.457 e. The van der Waals surface area contributed by atoms with Gasteiger partial charge in [0, 0.05) is 19.6 Å². The van der Waals surface area contributed by atoms with E-state index in [1.165, 1.54) is 128 Å². The first-order chi connectivity index (χ1) is 29.4. The topological polar surface area (TPSA) is 117 Å². The Hall–Kier alpha value is -1.80. The number of hydrogen-bond acceptors (Lipinski definition) is 7. The minimum atomic E-state index is -4.29. The number of phosphoric acid groups is 1. The minimum absolute atomic E-state index is 0.0870. The zero-order valence-electron chi connectivity index (χ0n) is 38.9. The molecule has 350 valence electrons. The fourth-order valence-electron chi connectivity index (χ4n) is 6.85. The summed E-state index contributed by atoms with van der Waals surface area (Å²) in [6, 6.07) is 0. The van der Waals surface area contributed by atoms with Gasteiger partial charge in [-0.15, -0.1) is 0 Å². The standard InChI is InChI=1S/C51H94NO7P/c1-3-5-7-9-11-13-15-17-19-21-23-24-25-26-27-28-30-32-34-36-38-40-42-44-51(53)59-50(49-58-60(54,55)57-47-45-52)48-56-46-43-41-39-37-35-33-31-29-22-20-18-16-14-12-10-8-6-4-2/h6,8,12,14,18,20,29,31,35,37,50H,3-5,7,9-11,13,15-17,19,21-28,30,32-34,36,38-49,52H2,1-2H3,(H,54,55)/b8-6-,14-12-,20-18-,31-29-,37-35-. The number of phosphoric ester groups is 1. The summed E-state index contributed by atoms with van der Waals surface area (Å²) in [6.45, 7) is 4.72. The van der Waals surface area contributed by atoms with Gasteiger partial charge >= 0.3 is 13.8 Å². The first-order valence-electron chi connectivity index (χ1n) is 24.8. The first kappa shape index (κ1) is 58.2. The molecule has 8 nitrogen and oxygen atoms in total. The normalized spacial score (nSPS) is 13.9. The van der Waals surface area contributed by atoms with Crippen LogP contribution in [0.2, 0.25) is 0 Å². The second kappa shape index (κ2) is 48.2. The summed E-state index contributed by atoms with van der Waals surface area (Å²) in [5.74, 6) is -0.343. The van der Waals surface area contributed by atoms with Crippen LogP contribution in [-0.4, -0.2) is 49.9 Å². The molecular formula is C51H94NO7P. The van der Waals surface area contributed by atoms with E-state index in [1.54, 1.807) is 0 Å². The number of hydrogen-bond donors (Lipinski definition) is 2. The molecule has 0 amide bonds. The van der Waals surface area contributed by atoms with E-state index in [-0.39, 0.29) is 32.3 Å². The lowest BCUT2D eigenvalue weighted by Crippen LogP contribution is -2.28. The van der Waals surface area contributed by atoms with Gasteiger partial charge in [-0.05, 0) is 57.8 Å². The van der Waals surface area contributed by atoms with E-state index < -0.39 is 13.9 Å². The Morgan fingerprint density at radius 1 is 0.517 bits per heavy atom. The monoisotopic (exact) mass is 864 g/mol. The lowest BCUT2D eigenvalue weighted by Gasteiger charge is -2.20. The van der Waals surface area contributed by atoms with Gasteiger partial charge < -0.3 is 20.1 Å². The third-order valence-electron chi connectivity index (χ3n) is 10.4. The van der Waals surface area contributed by atoms with Crippen LogP contribution in [0.25, 0.3) is 0 Å². The molecule has 2 unspecified atom stereocenters. The molecule has 0 saturated carbocycles. The quantitative estimate of drug-likeness (QED) is 0.0269. The number of ether oxygens (including phenoxy) is 2. The maximum absolute atomic E-state index is 12.6. The largest absolute Gasteiger partial charge is 0.472 e. The van der Waals surface area contributed by atoms with E-state index in [0.29, 0.717) is 13.0 Å². The number of nitrogens with two attached hydrogens (primary N) is 1. The average molecular weight is 864 g/mol. The maximum Gasteiger partial charge on any atom is 0.472 e. The molecule has 0 saturated heterocycles. The summed E-state index contributed by atoms with van der Waals surface area (Å²) >= 11 is 0. The molecule has 0 aromatic rings. The van der Waals surface area contributed by atoms with E-state index >= 15 is 0 Å². The van der Waals surface area contributed by atoms with Crippen LogP contribution in [-0.2, 0) is 27.9 Å². The molecule has 0 radical (unpaired) electrons. The van der Waals surface area contributed by atoms with Gasteiger partial charge in [0.2, 0.25) is 0 Å². The molecule has 0 heterocycles. The highest BCUT2D eigenvalue weighted by Gasteiger charge is 2.25. The van der Waals surface area contributed by atoms with Crippen LogP contribution >= 0.6 is 7.82 Å². The van der Waals surface area contributed by atoms with Crippen molar-refractivity contribution in [2.75, 3.05) is 33.0 Å². The number of carbonyl (C=O) groups excluding carboxylic acids is 1. The highest BCUT2D eigenvalue weighted by atomic mass is 31.2. The Balaban J connectivity index is 3.99. The second-order valence-corrected chi connectivity index (χ2v) is 17.8. The molecule has 60 heavy (non-hydrogen) atoms. The van der Waals surface area contributed by atoms with Crippen LogP contribution in [0.5, 0.6) is 0 Å². The summed E-state index contributed by atoms with van der Waals surface area (Å²) in [6.07, 6.45) is 59.8. The lowest BCUT2D eigenvalue weighted by molar-refractivity contribution is -0.154. The predicted octanol–water partition coefficient (Wildman–Crippen LogP) is 15.3. The fraction of sp³-hybridized carbons (Fsp3) is 0.784. The Bertz CT molecular complexity index is 1110. The summed E-state index contributed by atoms with van der Waals surface area (Å²) in [7, 11) is -4.29. The Labute approximate surface area is 370 Å². The summed E-state index contributed by atoms with van der Waals surface area (Å²) in [4.78, 5) is 22.6. The van der Waals surface area contributed by atoms with Crippen LogP contribution in [0.4, 0.5) is 0 Å². The van der Waals surface area contributed by atoms with Crippen molar-refractivity contribution in [1.29, 1.82) is 0 Å². The van der Waals surface area contributed by atoms with Crippen molar-refractivity contribution in [2.45, 2.75) is 225 Å². The number of allylic oxidation sites excluding steroid dienone is 10. The molecule has 0 aliphatic heterocycles. The molecule has 9 heteroatoms. The van der Waals surface area contributed by atoms with Gasteiger partial charge in [0.25, 0.3) is 0 Å². The molecule has 0 fully saturated rings. The first-order valence-corrected chi connectivity index (χ1v) is 26.3. The highest BCUT2D eigenvalue weighted by molar-refractivity contribution is 7.47. The summed E-state index contributed by atoms with van der Waals surface area (Å²) in [5.41, 5.74) is 5.38. The van der Waals surface area contributed by atoms with Gasteiger partial charge in [-0.3, -0.25) is 13.8 Å². The van der Waals surface area contributed by atoms with Crippen LogP contribution in [0.1, 0.15) is 219 Å². The summed E-state index contributed by atoms with van der Waals surface area (Å²) in [5, 5.41) is 0. The van der Waals surface area contributed by atoms with E-state index in [4.69, 9.17) is 24.3 Å². The molecule has 0 aliphatic rings. The van der Waals surface area contributed by atoms with Crippen molar-refractivity contribution in [3.05, 3.63) is 60.8 Å². The molecule has 0 aliphatic carbocycles. The zero-order valence-corrected chi connectivity index (χ0v) is 39.8. The maximum atomic E-state index is 12.6. The zero-order chi connectivity index (χ0) is 43.7. The summed E-state index contributed by atoms with van der Waals surface area (Å²) < 4.78 is 33.5. The third-order valence-corrected chi connectivity index (χ3v) is 11.4. The van der Waals surface area contributed by atoms with E-state index in [2.05, 4.69) is 74.6 Å². The smallest absolute Gasteiger partial charge is 0.457 e. The molecular weight excluding hydrogens is 770 g/mol. The molecule has 3 N–H and O–H groups in total. The SMILES string of the molecule is CC/C=C\C/C=C\C/C=C\C/C=C\C/C=C\CCCCOCC(COP(=O)(O)OCCN)OC(=O)CCCCCCCCCCCCCCCCCCCCCCCCC. The molecule has 0 aromatic heterocycles. The number of esters is 1. The fourth-order valence-corrected chi connectivity index (χ4v) is 7.61. The van der Waals surface area contributed by atoms with Gasteiger partial charge in [0.1, 0.15) is 6.10 Å². The van der Waals surface area contributed by atoms with E-state index in [9.17, 15) is 14.3 Å². The van der Waals surface area contributed by atoms with Gasteiger partial charge in [-0.1, -0.05) is 216 Å². The average Bonchev–Trinajstić information content (AvgIpc) is 3.24. The Kier molecular flexibility index (Phi) is 46.8. The van der Waals surface area contributed by atoms with Crippen molar-refractivity contribution >= 4 is 13.8 Å². The van der Waals surface area contributed by atoms with Crippen LogP contribution in [0.3, 0.4) is 0 Å². The molecule has 0 spiro atoms. The molecule has 2 atom stereocenters. The highest BCUT2D eigenvalue weighted by Crippen LogP contribution is 2.43. The van der Waals surface area contributed by atoms with Crippen LogP contribution in [0, 0.1) is 0 Å². The number of rotatable bonds is 47. The predicted molar refractivity (Wildman–Crippen MR) is 256 cm³/mol. The second-order valence-electron chi connectivity index (χ2n) is 16.3. The van der Waals surface area contributed by atoms with Crippen LogP contribution < -0.4 is 5.73 Å². The van der Waals surface area contributed by atoms with Crippen molar-refractivity contribution in [2.24, 2.45) is 5.73 Å². The number of carbonyl (C=O) groups is 1. The van der Waals surface area contributed by atoms with Gasteiger partial charge in [0.15, 0.2) is 0 Å². The van der Waals surface area contributed by atoms with Gasteiger partial charge in [0.05, 0.1) is 19.8 Å². The number of unbranched alkanes of at least 4 members (excludes halogenated alkanes) is 24. The molecule has 0 bridgehead atoms. The van der Waals surface area contributed by atoms with E-state index in [0.717, 1.165) is 70.6 Å². The van der Waals surface area contributed by atoms with E-state index in [1.807, 2.05) is 0 Å². The third kappa shape index (κ3) is 47.3. The van der Waals surface area contributed by atoms with Crippen molar-refractivity contribution < 1.29 is 32.8 Å². The molecule has 0 aromatic carbocycles. The van der Waals surface area contributed by atoms with Crippen LogP contribution in [0.15, 0.2) is 60.8 Å². The van der Waals surface area contributed by atoms with Crippen molar-refractivity contribution in [1.82, 2.24) is 0 Å². The Morgan fingerprint density at radius 3 is 1.37 bits per heavy atom. The van der Waals surface area contributed by atoms with Gasteiger partial charge in [-0.25, -0.2) is 4.57 Å². The van der Waals surface area contributed by atoms with Gasteiger partial charge in [-0.2, -0.15) is 0 Å². The molecule has 0 rings (SSSR count). The lowest BCUT2D eigenvalue weighted by atomic mass is 10.0. The van der Waals surface area contributed by atoms with Crippen molar-refractivity contribution in [3.8, 4) is 0 Å².